The highest BCUT2D eigenvalue weighted by Crippen LogP contribution is 2.49. The molecule has 1 atom stereocenters. The number of hydrogen-bond acceptors (Lipinski definition) is 4. The third-order valence-corrected chi connectivity index (χ3v) is 7.97. The van der Waals surface area contributed by atoms with Gasteiger partial charge in [-0.2, -0.15) is 0 Å². The summed E-state index contributed by atoms with van der Waals surface area (Å²) in [7, 11) is 0. The molecular weight excluding hydrogens is 480 g/mol. The van der Waals surface area contributed by atoms with Gasteiger partial charge in [0, 0.05) is 17.6 Å². The van der Waals surface area contributed by atoms with Gasteiger partial charge in [-0.05, 0) is 74.2 Å². The van der Waals surface area contributed by atoms with Crippen molar-refractivity contribution in [1.82, 2.24) is 10.2 Å². The van der Waals surface area contributed by atoms with E-state index in [-0.39, 0.29) is 11.3 Å². The molecule has 1 saturated carbocycles. The SMILES string of the molecule is O=C(Nc1ccc(Cl)s1)NC(C(=O)Nc1ccc(C2(CN3CCCC3)CC2)cc1)c1ccccc1. The summed E-state index contributed by atoms with van der Waals surface area (Å²) in [6, 6.07) is 19.5. The molecule has 182 valence electrons. The molecule has 1 unspecified atom stereocenters. The van der Waals surface area contributed by atoms with Crippen molar-refractivity contribution in [3.63, 3.8) is 0 Å². The normalized spacial score (nSPS) is 17.5. The first-order chi connectivity index (χ1) is 17.0. The molecule has 0 spiro atoms. The summed E-state index contributed by atoms with van der Waals surface area (Å²) >= 11 is 7.21. The molecule has 2 aromatic carbocycles. The maximum atomic E-state index is 13.3. The van der Waals surface area contributed by atoms with Crippen molar-refractivity contribution in [2.24, 2.45) is 0 Å². The molecule has 8 heteroatoms. The van der Waals surface area contributed by atoms with E-state index < -0.39 is 12.1 Å². The summed E-state index contributed by atoms with van der Waals surface area (Å²) in [5.41, 5.74) is 3.02. The minimum absolute atomic E-state index is 0.268. The van der Waals surface area contributed by atoms with E-state index in [9.17, 15) is 9.59 Å². The number of thiophene rings is 1. The molecule has 0 bridgehead atoms. The lowest BCUT2D eigenvalue weighted by molar-refractivity contribution is -0.118. The minimum Gasteiger partial charge on any atom is -0.324 e. The second-order valence-electron chi connectivity index (χ2n) is 9.38. The number of anilines is 2. The smallest absolute Gasteiger partial charge is 0.320 e. The zero-order chi connectivity index (χ0) is 24.3. The topological polar surface area (TPSA) is 73.5 Å². The summed E-state index contributed by atoms with van der Waals surface area (Å²) in [5.74, 6) is -0.304. The van der Waals surface area contributed by atoms with Crippen LogP contribution >= 0.6 is 22.9 Å². The Morgan fingerprint density at radius 1 is 0.943 bits per heavy atom. The van der Waals surface area contributed by atoms with E-state index in [0.717, 1.165) is 6.54 Å². The van der Waals surface area contributed by atoms with Crippen LogP contribution in [-0.2, 0) is 10.2 Å². The molecule has 3 amide bonds. The van der Waals surface area contributed by atoms with E-state index in [2.05, 4.69) is 33.0 Å². The Balaban J connectivity index is 1.25. The standard InChI is InChI=1S/C27H29ClN4O2S/c28-22-12-13-23(35-22)30-26(34)31-24(19-6-2-1-3-7-19)25(33)29-21-10-8-20(9-11-21)27(14-15-27)18-32-16-4-5-17-32/h1-3,6-13,24H,4-5,14-18H2,(H,29,33)(H2,30,31,34). The Bertz CT molecular complexity index is 1170. The predicted octanol–water partition coefficient (Wildman–Crippen LogP) is 6.03. The predicted molar refractivity (Wildman–Crippen MR) is 142 cm³/mol. The fourth-order valence-corrected chi connectivity index (χ4v) is 5.72. The van der Waals surface area contributed by atoms with Crippen LogP contribution in [0.15, 0.2) is 66.7 Å². The highest BCUT2D eigenvalue weighted by Gasteiger charge is 2.45. The molecule has 2 fully saturated rings. The van der Waals surface area contributed by atoms with Crippen LogP contribution in [0.4, 0.5) is 15.5 Å². The van der Waals surface area contributed by atoms with Crippen LogP contribution < -0.4 is 16.0 Å². The van der Waals surface area contributed by atoms with E-state index in [1.165, 1.54) is 55.7 Å². The van der Waals surface area contributed by atoms with Gasteiger partial charge in [-0.15, -0.1) is 11.3 Å². The Morgan fingerprint density at radius 2 is 1.66 bits per heavy atom. The molecule has 1 aliphatic carbocycles. The number of rotatable bonds is 8. The third-order valence-electron chi connectivity index (χ3n) is 6.82. The van der Waals surface area contributed by atoms with Gasteiger partial charge >= 0.3 is 6.03 Å². The van der Waals surface area contributed by atoms with Crippen molar-refractivity contribution in [3.05, 3.63) is 82.2 Å². The van der Waals surface area contributed by atoms with E-state index in [4.69, 9.17) is 11.6 Å². The first kappa shape index (κ1) is 23.9. The molecule has 35 heavy (non-hydrogen) atoms. The van der Waals surface area contributed by atoms with Gasteiger partial charge in [0.2, 0.25) is 0 Å². The van der Waals surface area contributed by atoms with Gasteiger partial charge in [-0.1, -0.05) is 54.1 Å². The summed E-state index contributed by atoms with van der Waals surface area (Å²) in [6.07, 6.45) is 5.05. The van der Waals surface area contributed by atoms with Crippen LogP contribution in [0.3, 0.4) is 0 Å². The van der Waals surface area contributed by atoms with Crippen molar-refractivity contribution in [2.45, 2.75) is 37.1 Å². The number of amides is 3. The molecular formula is C27H29ClN4O2S. The van der Waals surface area contributed by atoms with Crippen LogP contribution in [0.5, 0.6) is 0 Å². The molecule has 2 aliphatic rings. The highest BCUT2D eigenvalue weighted by molar-refractivity contribution is 7.20. The Kier molecular flexibility index (Phi) is 7.09. The first-order valence-electron chi connectivity index (χ1n) is 12.0. The van der Waals surface area contributed by atoms with Gasteiger partial charge in [0.15, 0.2) is 0 Å². The molecule has 2 heterocycles. The maximum Gasteiger partial charge on any atom is 0.320 e. The number of nitrogens with zero attached hydrogens (tertiary/aromatic N) is 1. The van der Waals surface area contributed by atoms with Gasteiger partial charge in [-0.25, -0.2) is 4.79 Å². The van der Waals surface area contributed by atoms with Crippen LogP contribution in [0, 0.1) is 0 Å². The van der Waals surface area contributed by atoms with Crippen LogP contribution in [0.1, 0.15) is 42.9 Å². The number of carbonyl (C=O) groups excluding carboxylic acids is 2. The molecule has 3 aromatic rings. The second kappa shape index (κ2) is 10.4. The van der Waals surface area contributed by atoms with Crippen LogP contribution in [0.25, 0.3) is 0 Å². The molecule has 1 aliphatic heterocycles. The van der Waals surface area contributed by atoms with E-state index in [1.807, 2.05) is 42.5 Å². The number of likely N-dealkylation sites (tertiary alicyclic amines) is 1. The first-order valence-corrected chi connectivity index (χ1v) is 13.2. The fourth-order valence-electron chi connectivity index (χ4n) is 4.79. The lowest BCUT2D eigenvalue weighted by Gasteiger charge is -2.24. The monoisotopic (exact) mass is 508 g/mol. The summed E-state index contributed by atoms with van der Waals surface area (Å²) < 4.78 is 0.578. The second-order valence-corrected chi connectivity index (χ2v) is 11.1. The molecule has 5 rings (SSSR count). The average molecular weight is 509 g/mol. The highest BCUT2D eigenvalue weighted by atomic mass is 35.5. The number of carbonyl (C=O) groups is 2. The van der Waals surface area contributed by atoms with Crippen molar-refractivity contribution in [3.8, 4) is 0 Å². The van der Waals surface area contributed by atoms with Gasteiger partial charge < -0.3 is 15.5 Å². The van der Waals surface area contributed by atoms with Gasteiger partial charge in [0.1, 0.15) is 6.04 Å². The number of urea groups is 1. The number of halogens is 1. The molecule has 3 N–H and O–H groups in total. The summed E-state index contributed by atoms with van der Waals surface area (Å²) in [4.78, 5) is 28.5. The average Bonchev–Trinajstić information content (AvgIpc) is 3.23. The van der Waals surface area contributed by atoms with E-state index in [1.54, 1.807) is 12.1 Å². The largest absolute Gasteiger partial charge is 0.324 e. The number of hydrogen-bond donors (Lipinski definition) is 3. The zero-order valence-electron chi connectivity index (χ0n) is 19.4. The molecule has 1 saturated heterocycles. The third kappa shape index (κ3) is 5.86. The Morgan fingerprint density at radius 3 is 2.29 bits per heavy atom. The lowest BCUT2D eigenvalue weighted by Crippen LogP contribution is -2.39. The van der Waals surface area contributed by atoms with Crippen molar-refractivity contribution in [1.29, 1.82) is 0 Å². The Labute approximate surface area is 214 Å². The maximum absolute atomic E-state index is 13.3. The minimum atomic E-state index is -0.851. The summed E-state index contributed by atoms with van der Waals surface area (Å²) in [6.45, 7) is 3.54. The molecule has 1 aromatic heterocycles. The molecule has 6 nitrogen and oxygen atoms in total. The lowest BCUT2D eigenvalue weighted by atomic mass is 9.95. The van der Waals surface area contributed by atoms with Crippen molar-refractivity contribution >= 4 is 45.6 Å². The fraction of sp³-hybridized carbons (Fsp3) is 0.333. The zero-order valence-corrected chi connectivity index (χ0v) is 21.0. The summed E-state index contributed by atoms with van der Waals surface area (Å²) in [5, 5.41) is 9.12. The van der Waals surface area contributed by atoms with E-state index >= 15 is 0 Å². The van der Waals surface area contributed by atoms with E-state index in [0.29, 0.717) is 20.6 Å². The number of nitrogens with one attached hydrogen (secondary N) is 3. The van der Waals surface area contributed by atoms with Crippen LogP contribution in [-0.4, -0.2) is 36.5 Å². The Hall–Kier alpha value is -2.87. The van der Waals surface area contributed by atoms with Gasteiger partial charge in [0.25, 0.3) is 5.91 Å². The quantitative estimate of drug-likeness (QED) is 0.348. The van der Waals surface area contributed by atoms with Crippen LogP contribution in [0.2, 0.25) is 4.34 Å². The van der Waals surface area contributed by atoms with Crippen molar-refractivity contribution < 1.29 is 9.59 Å². The van der Waals surface area contributed by atoms with Crippen molar-refractivity contribution in [2.75, 3.05) is 30.3 Å². The molecule has 0 radical (unpaired) electrons. The van der Waals surface area contributed by atoms with Gasteiger partial charge in [0.05, 0.1) is 9.34 Å². The number of benzene rings is 2. The van der Waals surface area contributed by atoms with Gasteiger partial charge in [-0.3, -0.25) is 10.1 Å².